The van der Waals surface area contributed by atoms with Gasteiger partial charge in [-0.2, -0.15) is 0 Å². The van der Waals surface area contributed by atoms with Crippen LogP contribution in [0.4, 0.5) is 4.39 Å². The molecule has 29 heavy (non-hydrogen) atoms. The van der Waals surface area contributed by atoms with Gasteiger partial charge in [-0.05, 0) is 54.8 Å². The first-order valence-electron chi connectivity index (χ1n) is 9.09. The van der Waals surface area contributed by atoms with Gasteiger partial charge in [-0.25, -0.2) is 4.39 Å². The molecule has 0 aliphatic heterocycles. The highest BCUT2D eigenvalue weighted by Crippen LogP contribution is 2.32. The van der Waals surface area contributed by atoms with Crippen LogP contribution in [0.15, 0.2) is 60.8 Å². The Morgan fingerprint density at radius 3 is 2.52 bits per heavy atom. The quantitative estimate of drug-likeness (QED) is 0.361. The predicted molar refractivity (Wildman–Crippen MR) is 118 cm³/mol. The molecule has 0 aliphatic rings. The normalized spacial score (nSPS) is 10.8. The molecule has 0 saturated heterocycles. The maximum atomic E-state index is 13.7. The molecule has 0 atom stereocenters. The fourth-order valence-corrected chi connectivity index (χ4v) is 3.51. The SMILES string of the molecule is Cc1c(C)n(Cc2cccc(F)c2)c2c(OCc3ccc(Cl)cc3)ccnc12.Cl. The van der Waals surface area contributed by atoms with E-state index >= 15 is 0 Å². The second-order valence-electron chi connectivity index (χ2n) is 6.85. The molecule has 0 fully saturated rings. The topological polar surface area (TPSA) is 27.1 Å². The molecule has 3 nitrogen and oxygen atoms in total. The van der Waals surface area contributed by atoms with E-state index < -0.39 is 0 Å². The minimum Gasteiger partial charge on any atom is -0.487 e. The van der Waals surface area contributed by atoms with Gasteiger partial charge in [0.1, 0.15) is 23.7 Å². The van der Waals surface area contributed by atoms with E-state index in [4.69, 9.17) is 16.3 Å². The first kappa shape index (κ1) is 21.2. The number of hydrogen-bond acceptors (Lipinski definition) is 2. The fourth-order valence-electron chi connectivity index (χ4n) is 3.39. The van der Waals surface area contributed by atoms with E-state index in [1.165, 1.54) is 6.07 Å². The van der Waals surface area contributed by atoms with Crippen molar-refractivity contribution in [2.75, 3.05) is 0 Å². The van der Waals surface area contributed by atoms with Crippen LogP contribution in [0, 0.1) is 19.7 Å². The third kappa shape index (κ3) is 4.39. The summed E-state index contributed by atoms with van der Waals surface area (Å²) in [6.45, 7) is 5.09. The Labute approximate surface area is 180 Å². The van der Waals surface area contributed by atoms with Gasteiger partial charge in [0, 0.05) is 29.5 Å². The number of hydrogen-bond donors (Lipinski definition) is 0. The molecule has 0 unspecified atom stereocenters. The first-order chi connectivity index (χ1) is 13.5. The molecule has 0 radical (unpaired) electrons. The minimum atomic E-state index is -0.235. The highest BCUT2D eigenvalue weighted by molar-refractivity contribution is 6.30. The Morgan fingerprint density at radius 1 is 1.03 bits per heavy atom. The van der Waals surface area contributed by atoms with Gasteiger partial charge >= 0.3 is 0 Å². The van der Waals surface area contributed by atoms with E-state index in [9.17, 15) is 4.39 Å². The van der Waals surface area contributed by atoms with Gasteiger partial charge in [0.05, 0.1) is 5.52 Å². The lowest BCUT2D eigenvalue weighted by molar-refractivity contribution is 0.308. The summed E-state index contributed by atoms with van der Waals surface area (Å²) < 4.78 is 21.9. The predicted octanol–water partition coefficient (Wildman–Crippen LogP) is 6.49. The Morgan fingerprint density at radius 2 is 1.79 bits per heavy atom. The maximum absolute atomic E-state index is 13.7. The van der Waals surface area contributed by atoms with Crippen LogP contribution in [0.1, 0.15) is 22.4 Å². The lowest BCUT2D eigenvalue weighted by atomic mass is 10.2. The Kier molecular flexibility index (Phi) is 6.46. The lowest BCUT2D eigenvalue weighted by Crippen LogP contribution is -2.04. The molecule has 0 saturated carbocycles. The number of fused-ring (bicyclic) bond motifs is 1. The van der Waals surface area contributed by atoms with Gasteiger partial charge < -0.3 is 9.30 Å². The summed E-state index contributed by atoms with van der Waals surface area (Å²) in [6, 6.07) is 16.1. The van der Waals surface area contributed by atoms with Crippen molar-refractivity contribution in [2.45, 2.75) is 27.0 Å². The number of aryl methyl sites for hydroxylation is 1. The minimum absolute atomic E-state index is 0. The Balaban J connectivity index is 0.00000240. The number of halogens is 3. The monoisotopic (exact) mass is 430 g/mol. The summed E-state index contributed by atoms with van der Waals surface area (Å²) >= 11 is 5.96. The third-order valence-electron chi connectivity index (χ3n) is 5.00. The van der Waals surface area contributed by atoms with E-state index in [0.717, 1.165) is 39.2 Å². The highest BCUT2D eigenvalue weighted by Gasteiger charge is 2.17. The van der Waals surface area contributed by atoms with E-state index in [2.05, 4.69) is 23.4 Å². The third-order valence-corrected chi connectivity index (χ3v) is 5.25. The van der Waals surface area contributed by atoms with Gasteiger partial charge in [-0.15, -0.1) is 12.4 Å². The molecule has 2 aromatic heterocycles. The summed E-state index contributed by atoms with van der Waals surface area (Å²) in [5.74, 6) is 0.522. The average molecular weight is 431 g/mol. The fraction of sp³-hybridized carbons (Fsp3) is 0.174. The van der Waals surface area contributed by atoms with Crippen LogP contribution in [-0.2, 0) is 13.2 Å². The zero-order valence-electron chi connectivity index (χ0n) is 16.2. The van der Waals surface area contributed by atoms with Gasteiger partial charge in [-0.3, -0.25) is 4.98 Å². The second kappa shape index (κ2) is 8.85. The number of rotatable bonds is 5. The number of nitrogens with zero attached hydrogens (tertiary/aromatic N) is 2. The number of ether oxygens (including phenoxy) is 1. The van der Waals surface area contributed by atoms with Gasteiger partial charge in [-0.1, -0.05) is 35.9 Å². The molecule has 0 aliphatic carbocycles. The number of benzene rings is 2. The molecular formula is C23H21Cl2FN2O. The van der Waals surface area contributed by atoms with Crippen molar-refractivity contribution in [2.24, 2.45) is 0 Å². The molecule has 0 N–H and O–H groups in total. The van der Waals surface area contributed by atoms with Gasteiger partial charge in [0.2, 0.25) is 0 Å². The lowest BCUT2D eigenvalue weighted by Gasteiger charge is -2.13. The highest BCUT2D eigenvalue weighted by atomic mass is 35.5. The van der Waals surface area contributed by atoms with E-state index in [1.807, 2.05) is 36.4 Å². The molecule has 0 bridgehead atoms. The zero-order chi connectivity index (χ0) is 19.7. The summed E-state index contributed by atoms with van der Waals surface area (Å²) in [5, 5.41) is 0.699. The summed E-state index contributed by atoms with van der Waals surface area (Å²) in [4.78, 5) is 4.56. The molecule has 2 heterocycles. The van der Waals surface area contributed by atoms with Crippen molar-refractivity contribution >= 4 is 35.0 Å². The van der Waals surface area contributed by atoms with Gasteiger partial charge in [0.15, 0.2) is 0 Å². The molecule has 4 rings (SSSR count). The van der Waals surface area contributed by atoms with Crippen LogP contribution in [0.5, 0.6) is 5.75 Å². The number of pyridine rings is 1. The van der Waals surface area contributed by atoms with E-state index in [1.54, 1.807) is 18.3 Å². The Hall–Kier alpha value is -2.56. The van der Waals surface area contributed by atoms with Crippen molar-refractivity contribution in [3.05, 3.63) is 94.0 Å². The van der Waals surface area contributed by atoms with Gasteiger partial charge in [0.25, 0.3) is 0 Å². The van der Waals surface area contributed by atoms with Crippen molar-refractivity contribution in [3.8, 4) is 5.75 Å². The van der Waals surface area contributed by atoms with Crippen molar-refractivity contribution in [1.82, 2.24) is 9.55 Å². The van der Waals surface area contributed by atoms with Crippen LogP contribution < -0.4 is 4.74 Å². The molecule has 0 amide bonds. The molecular weight excluding hydrogens is 410 g/mol. The summed E-state index contributed by atoms with van der Waals surface area (Å²) in [6.07, 6.45) is 1.76. The van der Waals surface area contributed by atoms with Crippen LogP contribution in [0.25, 0.3) is 11.0 Å². The van der Waals surface area contributed by atoms with Crippen LogP contribution in [0.2, 0.25) is 5.02 Å². The number of aromatic nitrogens is 2. The smallest absolute Gasteiger partial charge is 0.147 e. The molecule has 4 aromatic rings. The molecule has 6 heteroatoms. The molecule has 150 valence electrons. The van der Waals surface area contributed by atoms with Crippen molar-refractivity contribution in [3.63, 3.8) is 0 Å². The van der Waals surface area contributed by atoms with Crippen molar-refractivity contribution in [1.29, 1.82) is 0 Å². The second-order valence-corrected chi connectivity index (χ2v) is 7.28. The first-order valence-corrected chi connectivity index (χ1v) is 9.47. The Bertz CT molecular complexity index is 1140. The van der Waals surface area contributed by atoms with Crippen molar-refractivity contribution < 1.29 is 9.13 Å². The van der Waals surface area contributed by atoms with E-state index in [0.29, 0.717) is 18.2 Å². The summed E-state index contributed by atoms with van der Waals surface area (Å²) in [7, 11) is 0. The zero-order valence-corrected chi connectivity index (χ0v) is 17.7. The summed E-state index contributed by atoms with van der Waals surface area (Å²) in [5.41, 5.74) is 5.95. The standard InChI is InChI=1S/C23H20ClFN2O.ClH/c1-15-16(2)27(13-18-4-3-5-20(25)12-18)23-21(10-11-26-22(15)23)28-14-17-6-8-19(24)9-7-17;/h3-12H,13-14H2,1-2H3;1H. The van der Waals surface area contributed by atoms with E-state index in [-0.39, 0.29) is 18.2 Å². The van der Waals surface area contributed by atoms with Crippen LogP contribution in [-0.4, -0.2) is 9.55 Å². The molecule has 0 spiro atoms. The maximum Gasteiger partial charge on any atom is 0.147 e. The largest absolute Gasteiger partial charge is 0.487 e. The molecule has 2 aromatic carbocycles. The van der Waals surface area contributed by atoms with Crippen LogP contribution in [0.3, 0.4) is 0 Å². The van der Waals surface area contributed by atoms with Crippen LogP contribution >= 0.6 is 24.0 Å². The average Bonchev–Trinajstić information content (AvgIpc) is 2.93.